The van der Waals surface area contributed by atoms with Gasteiger partial charge in [-0.05, 0) is 72.5 Å². The fourth-order valence-electron chi connectivity index (χ4n) is 2.99. The molecule has 1 amide bonds. The molecule has 0 spiro atoms. The number of carbonyl (C=O) groups is 1. The Morgan fingerprint density at radius 2 is 1.44 bits per heavy atom. The highest BCUT2D eigenvalue weighted by Gasteiger charge is 2.06. The average molecular weight is 456 g/mol. The molecule has 5 heteroatoms. The van der Waals surface area contributed by atoms with Crippen LogP contribution in [0.2, 0.25) is 0 Å². The summed E-state index contributed by atoms with van der Waals surface area (Å²) in [6, 6.07) is 7.65. The van der Waals surface area contributed by atoms with E-state index in [4.69, 9.17) is 4.74 Å². The minimum Gasteiger partial charge on any atom is -0.484 e. The molecule has 2 rings (SSSR count). The molecule has 1 aromatic rings. The monoisotopic (exact) mass is 456 g/mol. The van der Waals surface area contributed by atoms with Gasteiger partial charge >= 0.3 is 0 Å². The smallest absolute Gasteiger partial charge is 0.277 e. The molecular weight excluding hydrogens is 427 g/mol. The highest BCUT2D eigenvalue weighted by molar-refractivity contribution is 14.1. The fraction of sp³-hybridized carbons (Fsp3) is 0.600. The maximum Gasteiger partial charge on any atom is 0.277 e. The third-order valence-electron chi connectivity index (χ3n) is 4.45. The minimum absolute atomic E-state index is 0.00261. The first-order valence-electron chi connectivity index (χ1n) is 9.47. The van der Waals surface area contributed by atoms with Crippen LogP contribution in [0.25, 0.3) is 0 Å². The van der Waals surface area contributed by atoms with Gasteiger partial charge in [0.1, 0.15) is 5.75 Å². The van der Waals surface area contributed by atoms with E-state index >= 15 is 0 Å². The molecule has 1 fully saturated rings. The number of hydrazone groups is 1. The quantitative estimate of drug-likeness (QED) is 0.484. The lowest BCUT2D eigenvalue weighted by molar-refractivity contribution is -0.123. The van der Waals surface area contributed by atoms with Crippen LogP contribution in [0.3, 0.4) is 0 Å². The van der Waals surface area contributed by atoms with Crippen molar-refractivity contribution in [3.63, 3.8) is 0 Å². The van der Waals surface area contributed by atoms with E-state index in [9.17, 15) is 4.79 Å². The van der Waals surface area contributed by atoms with Crippen LogP contribution in [0.1, 0.15) is 70.6 Å². The maximum absolute atomic E-state index is 12.0. The molecule has 1 saturated carbocycles. The molecule has 25 heavy (non-hydrogen) atoms. The Morgan fingerprint density at radius 3 is 2.00 bits per heavy atom. The summed E-state index contributed by atoms with van der Waals surface area (Å²) in [7, 11) is 0. The second kappa shape index (κ2) is 12.3. The number of ether oxygens (including phenoxy) is 1. The van der Waals surface area contributed by atoms with Crippen molar-refractivity contribution in [1.82, 2.24) is 5.43 Å². The first-order chi connectivity index (χ1) is 12.2. The molecule has 0 saturated heterocycles. The van der Waals surface area contributed by atoms with Crippen LogP contribution >= 0.6 is 22.6 Å². The second-order valence-corrected chi connectivity index (χ2v) is 7.88. The van der Waals surface area contributed by atoms with Gasteiger partial charge in [0.2, 0.25) is 0 Å². The van der Waals surface area contributed by atoms with Crippen molar-refractivity contribution < 1.29 is 9.53 Å². The summed E-state index contributed by atoms with van der Waals surface area (Å²) in [5.41, 5.74) is 3.80. The van der Waals surface area contributed by atoms with Crippen LogP contribution in [0.5, 0.6) is 5.75 Å². The first kappa shape index (κ1) is 20.2. The van der Waals surface area contributed by atoms with Gasteiger partial charge in [0, 0.05) is 9.28 Å². The third kappa shape index (κ3) is 9.23. The summed E-state index contributed by atoms with van der Waals surface area (Å²) < 4.78 is 6.63. The van der Waals surface area contributed by atoms with E-state index in [2.05, 4.69) is 33.1 Å². The molecule has 0 radical (unpaired) electrons. The van der Waals surface area contributed by atoms with Crippen LogP contribution in [0, 0.1) is 3.57 Å². The predicted octanol–water partition coefficient (Wildman–Crippen LogP) is 5.45. The Labute approximate surface area is 164 Å². The van der Waals surface area contributed by atoms with Crippen molar-refractivity contribution in [2.24, 2.45) is 5.10 Å². The van der Waals surface area contributed by atoms with Crippen molar-refractivity contribution in [3.8, 4) is 5.75 Å². The van der Waals surface area contributed by atoms with Crippen LogP contribution in [0.15, 0.2) is 29.4 Å². The van der Waals surface area contributed by atoms with Gasteiger partial charge in [-0.25, -0.2) is 5.43 Å². The van der Waals surface area contributed by atoms with Gasteiger partial charge in [0.05, 0.1) is 0 Å². The molecule has 4 nitrogen and oxygen atoms in total. The van der Waals surface area contributed by atoms with E-state index in [1.807, 2.05) is 24.3 Å². The Balaban J connectivity index is 1.75. The molecule has 0 heterocycles. The highest BCUT2D eigenvalue weighted by Crippen LogP contribution is 2.15. The van der Waals surface area contributed by atoms with Gasteiger partial charge in [0.25, 0.3) is 5.91 Å². The van der Waals surface area contributed by atoms with Gasteiger partial charge < -0.3 is 4.74 Å². The Kier molecular flexibility index (Phi) is 9.92. The Bertz CT molecular complexity index is 529. The maximum atomic E-state index is 12.0. The molecule has 1 aliphatic carbocycles. The van der Waals surface area contributed by atoms with E-state index in [1.165, 1.54) is 57.8 Å². The molecule has 138 valence electrons. The molecule has 1 aliphatic rings. The number of nitrogens with one attached hydrogen (secondary N) is 1. The lowest BCUT2D eigenvalue weighted by Crippen LogP contribution is -2.26. The summed E-state index contributed by atoms with van der Waals surface area (Å²) in [4.78, 5) is 12.0. The van der Waals surface area contributed by atoms with E-state index < -0.39 is 0 Å². The van der Waals surface area contributed by atoms with Crippen molar-refractivity contribution in [2.75, 3.05) is 6.61 Å². The molecule has 1 aromatic carbocycles. The van der Waals surface area contributed by atoms with Gasteiger partial charge in [-0.2, -0.15) is 5.10 Å². The van der Waals surface area contributed by atoms with E-state index in [0.717, 1.165) is 22.1 Å². The largest absolute Gasteiger partial charge is 0.484 e. The molecule has 0 atom stereocenters. The molecule has 0 aromatic heterocycles. The van der Waals surface area contributed by atoms with Crippen LogP contribution in [0.4, 0.5) is 0 Å². The lowest BCUT2D eigenvalue weighted by atomic mass is 10.00. The molecule has 0 aliphatic heterocycles. The number of amides is 1. The average Bonchev–Trinajstić information content (AvgIpc) is 2.61. The predicted molar refractivity (Wildman–Crippen MR) is 111 cm³/mol. The third-order valence-corrected chi connectivity index (χ3v) is 5.17. The van der Waals surface area contributed by atoms with E-state index in [1.54, 1.807) is 0 Å². The second-order valence-electron chi connectivity index (χ2n) is 6.64. The SMILES string of the molecule is O=C(COc1ccc(I)cc1)NN=C1CCCCCCCCCCC1. The number of rotatable bonds is 4. The summed E-state index contributed by atoms with van der Waals surface area (Å²) in [6.07, 6.45) is 13.6. The van der Waals surface area contributed by atoms with E-state index in [0.29, 0.717) is 5.75 Å². The number of benzene rings is 1. The Morgan fingerprint density at radius 1 is 0.920 bits per heavy atom. The summed E-state index contributed by atoms with van der Waals surface area (Å²) in [5.74, 6) is 0.506. The molecule has 1 N–H and O–H groups in total. The zero-order valence-corrected chi connectivity index (χ0v) is 17.1. The van der Waals surface area contributed by atoms with Gasteiger partial charge in [-0.15, -0.1) is 0 Å². The number of hydrogen-bond acceptors (Lipinski definition) is 3. The molecule has 0 bridgehead atoms. The molecular formula is C20H29IN2O2. The number of hydrogen-bond donors (Lipinski definition) is 1. The summed E-state index contributed by atoms with van der Waals surface area (Å²) >= 11 is 2.24. The zero-order valence-electron chi connectivity index (χ0n) is 14.9. The van der Waals surface area contributed by atoms with E-state index in [-0.39, 0.29) is 12.5 Å². The standard InChI is InChI=1S/C20H29IN2O2/c21-17-12-14-19(15-13-17)25-16-20(24)23-22-18-10-8-6-4-2-1-3-5-7-9-11-18/h12-15H,1-11,16H2,(H,23,24). The minimum atomic E-state index is -0.197. The molecule has 0 unspecified atom stereocenters. The number of carbonyl (C=O) groups excluding carboxylic acids is 1. The highest BCUT2D eigenvalue weighted by atomic mass is 127. The zero-order chi connectivity index (χ0) is 17.7. The number of halogens is 1. The topological polar surface area (TPSA) is 50.7 Å². The van der Waals surface area contributed by atoms with Crippen LogP contribution in [-0.2, 0) is 4.79 Å². The summed E-state index contributed by atoms with van der Waals surface area (Å²) in [6.45, 7) is -0.00261. The first-order valence-corrected chi connectivity index (χ1v) is 10.5. The van der Waals surface area contributed by atoms with Crippen molar-refractivity contribution in [2.45, 2.75) is 70.6 Å². The summed E-state index contributed by atoms with van der Waals surface area (Å²) in [5, 5.41) is 4.37. The van der Waals surface area contributed by atoms with Crippen molar-refractivity contribution in [1.29, 1.82) is 0 Å². The van der Waals surface area contributed by atoms with Crippen LogP contribution in [-0.4, -0.2) is 18.2 Å². The van der Waals surface area contributed by atoms with Crippen LogP contribution < -0.4 is 10.2 Å². The lowest BCUT2D eigenvalue weighted by Gasteiger charge is -2.10. The number of nitrogens with zero attached hydrogens (tertiary/aromatic N) is 1. The fourth-order valence-corrected chi connectivity index (χ4v) is 3.35. The van der Waals surface area contributed by atoms with Gasteiger partial charge in [-0.1, -0.05) is 44.9 Å². The normalized spacial score (nSPS) is 17.1. The Hall–Kier alpha value is -1.11. The van der Waals surface area contributed by atoms with Crippen molar-refractivity contribution >= 4 is 34.2 Å². The van der Waals surface area contributed by atoms with Gasteiger partial charge in [0.15, 0.2) is 6.61 Å². The van der Waals surface area contributed by atoms with Gasteiger partial charge in [-0.3, -0.25) is 4.79 Å². The van der Waals surface area contributed by atoms with Crippen molar-refractivity contribution in [3.05, 3.63) is 27.8 Å².